The van der Waals surface area contributed by atoms with Crippen molar-refractivity contribution in [3.8, 4) is 11.5 Å². The van der Waals surface area contributed by atoms with Crippen molar-refractivity contribution in [2.75, 3.05) is 13.7 Å². The van der Waals surface area contributed by atoms with Gasteiger partial charge in [-0.3, -0.25) is 14.9 Å². The van der Waals surface area contributed by atoms with Gasteiger partial charge >= 0.3 is 5.69 Å². The van der Waals surface area contributed by atoms with Gasteiger partial charge in [0.25, 0.3) is 5.91 Å². The highest BCUT2D eigenvalue weighted by atomic mass is 16.6. The number of nitrogens with zero attached hydrogens (tertiary/aromatic N) is 2. The van der Waals surface area contributed by atoms with E-state index < -0.39 is 4.92 Å². The summed E-state index contributed by atoms with van der Waals surface area (Å²) in [6.07, 6.45) is 1.93. The minimum Gasteiger partial charge on any atom is -0.497 e. The molecule has 0 atom stereocenters. The van der Waals surface area contributed by atoms with E-state index in [0.717, 1.165) is 29.7 Å². The van der Waals surface area contributed by atoms with Crippen LogP contribution in [-0.2, 0) is 11.3 Å². The van der Waals surface area contributed by atoms with Crippen LogP contribution in [0.3, 0.4) is 0 Å². The highest BCUT2D eigenvalue weighted by Gasteiger charge is 2.33. The fourth-order valence-electron chi connectivity index (χ4n) is 2.85. The van der Waals surface area contributed by atoms with Crippen LogP contribution >= 0.6 is 0 Å². The van der Waals surface area contributed by atoms with Crippen LogP contribution in [-0.4, -0.2) is 35.5 Å². The number of carbonyl (C=O) groups excluding carboxylic acids is 1. The van der Waals surface area contributed by atoms with E-state index in [2.05, 4.69) is 0 Å². The van der Waals surface area contributed by atoms with Crippen molar-refractivity contribution in [2.24, 2.45) is 0 Å². The van der Waals surface area contributed by atoms with Gasteiger partial charge in [-0.25, -0.2) is 0 Å². The maximum Gasteiger partial charge on any atom is 0.311 e. The number of benzene rings is 2. The van der Waals surface area contributed by atoms with Crippen molar-refractivity contribution >= 4 is 11.6 Å². The molecule has 0 aromatic heterocycles. The lowest BCUT2D eigenvalue weighted by atomic mass is 10.2. The Morgan fingerprint density at radius 1 is 1.22 bits per heavy atom. The van der Waals surface area contributed by atoms with Gasteiger partial charge in [-0.1, -0.05) is 18.2 Å². The van der Waals surface area contributed by atoms with Gasteiger partial charge in [0.15, 0.2) is 12.4 Å². The number of methoxy groups -OCH3 is 1. The molecule has 1 amide bonds. The minimum absolute atomic E-state index is 0.110. The average molecular weight is 370 g/mol. The first kappa shape index (κ1) is 18.7. The van der Waals surface area contributed by atoms with Crippen LogP contribution in [0, 0.1) is 17.0 Å². The van der Waals surface area contributed by atoms with Crippen molar-refractivity contribution in [1.29, 1.82) is 0 Å². The average Bonchev–Trinajstić information content (AvgIpc) is 3.50. The Balaban J connectivity index is 1.66. The maximum absolute atomic E-state index is 12.7. The Morgan fingerprint density at radius 2 is 1.93 bits per heavy atom. The molecular formula is C20H22N2O5. The molecule has 27 heavy (non-hydrogen) atoms. The van der Waals surface area contributed by atoms with Crippen LogP contribution in [0.15, 0.2) is 42.5 Å². The predicted octanol–water partition coefficient (Wildman–Crippen LogP) is 3.48. The summed E-state index contributed by atoms with van der Waals surface area (Å²) >= 11 is 0. The molecule has 0 aliphatic heterocycles. The van der Waals surface area contributed by atoms with Crippen molar-refractivity contribution in [1.82, 2.24) is 4.90 Å². The van der Waals surface area contributed by atoms with Gasteiger partial charge in [0.2, 0.25) is 0 Å². The molecule has 3 rings (SSSR count). The Bertz CT molecular complexity index is 831. The lowest BCUT2D eigenvalue weighted by Gasteiger charge is -2.22. The summed E-state index contributed by atoms with van der Waals surface area (Å²) < 4.78 is 10.6. The molecule has 1 fully saturated rings. The second kappa shape index (κ2) is 8.07. The molecule has 0 heterocycles. The molecule has 1 aliphatic rings. The molecule has 0 N–H and O–H groups in total. The number of aryl methyl sites for hydroxylation is 1. The SMILES string of the molecule is COc1ccc(CN(C(=O)COc2ccc(C)cc2[N+](=O)[O-])C2CC2)cc1. The zero-order chi connectivity index (χ0) is 19.4. The predicted molar refractivity (Wildman–Crippen MR) is 99.9 cm³/mol. The summed E-state index contributed by atoms with van der Waals surface area (Å²) in [5, 5.41) is 11.2. The van der Waals surface area contributed by atoms with E-state index in [1.807, 2.05) is 24.3 Å². The van der Waals surface area contributed by atoms with Gasteiger partial charge in [0, 0.05) is 18.7 Å². The van der Waals surface area contributed by atoms with Crippen LogP contribution in [0.2, 0.25) is 0 Å². The van der Waals surface area contributed by atoms with Crippen LogP contribution in [0.4, 0.5) is 5.69 Å². The highest BCUT2D eigenvalue weighted by molar-refractivity contribution is 5.78. The standard InChI is InChI=1S/C20H22N2O5/c1-14-3-10-19(18(11-14)22(24)25)27-13-20(23)21(16-6-7-16)12-15-4-8-17(26-2)9-5-15/h3-5,8-11,16H,6-7,12-13H2,1-2H3. The summed E-state index contributed by atoms with van der Waals surface area (Å²) in [6, 6.07) is 12.5. The fraction of sp³-hybridized carbons (Fsp3) is 0.350. The van der Waals surface area contributed by atoms with E-state index in [-0.39, 0.29) is 30.0 Å². The molecule has 142 valence electrons. The molecule has 0 radical (unpaired) electrons. The molecule has 0 unspecified atom stereocenters. The Morgan fingerprint density at radius 3 is 2.52 bits per heavy atom. The summed E-state index contributed by atoms with van der Waals surface area (Å²) in [7, 11) is 1.61. The number of hydrogen-bond donors (Lipinski definition) is 0. The minimum atomic E-state index is -0.497. The van der Waals surface area contributed by atoms with Crippen LogP contribution in [0.5, 0.6) is 11.5 Å². The van der Waals surface area contributed by atoms with Crippen LogP contribution in [0.1, 0.15) is 24.0 Å². The highest BCUT2D eigenvalue weighted by Crippen LogP contribution is 2.30. The number of amides is 1. The van der Waals surface area contributed by atoms with Gasteiger partial charge in [-0.2, -0.15) is 0 Å². The first-order valence-electron chi connectivity index (χ1n) is 8.78. The molecule has 7 nitrogen and oxygen atoms in total. The summed E-state index contributed by atoms with van der Waals surface area (Å²) in [5.41, 5.74) is 1.63. The van der Waals surface area contributed by atoms with E-state index in [1.54, 1.807) is 25.0 Å². The third-order valence-corrected chi connectivity index (χ3v) is 4.48. The molecule has 1 saturated carbocycles. The summed E-state index contributed by atoms with van der Waals surface area (Å²) in [4.78, 5) is 25.1. The van der Waals surface area contributed by atoms with Gasteiger partial charge in [-0.05, 0) is 49.1 Å². The molecule has 0 saturated heterocycles. The number of ether oxygens (including phenoxy) is 2. The molecule has 7 heteroatoms. The summed E-state index contributed by atoms with van der Waals surface area (Å²) in [5.74, 6) is 0.695. The Labute approximate surface area is 157 Å². The van der Waals surface area contributed by atoms with E-state index >= 15 is 0 Å². The first-order valence-corrected chi connectivity index (χ1v) is 8.78. The molecule has 2 aromatic rings. The third-order valence-electron chi connectivity index (χ3n) is 4.48. The maximum atomic E-state index is 12.7. The van der Waals surface area contributed by atoms with Crippen molar-refractivity contribution in [2.45, 2.75) is 32.4 Å². The van der Waals surface area contributed by atoms with Gasteiger partial charge in [0.1, 0.15) is 5.75 Å². The first-order chi connectivity index (χ1) is 13.0. The zero-order valence-corrected chi connectivity index (χ0v) is 15.4. The zero-order valence-electron chi connectivity index (χ0n) is 15.4. The van der Waals surface area contributed by atoms with Crippen molar-refractivity contribution < 1.29 is 19.2 Å². The van der Waals surface area contributed by atoms with E-state index in [4.69, 9.17) is 9.47 Å². The molecule has 0 bridgehead atoms. The van der Waals surface area contributed by atoms with Crippen LogP contribution < -0.4 is 9.47 Å². The Hall–Kier alpha value is -3.09. The van der Waals surface area contributed by atoms with Gasteiger partial charge in [-0.15, -0.1) is 0 Å². The molecular weight excluding hydrogens is 348 g/mol. The molecule has 1 aliphatic carbocycles. The van der Waals surface area contributed by atoms with Crippen LogP contribution in [0.25, 0.3) is 0 Å². The number of nitro groups is 1. The number of rotatable bonds is 8. The monoisotopic (exact) mass is 370 g/mol. The van der Waals surface area contributed by atoms with Gasteiger partial charge < -0.3 is 14.4 Å². The smallest absolute Gasteiger partial charge is 0.311 e. The largest absolute Gasteiger partial charge is 0.497 e. The fourth-order valence-corrected chi connectivity index (χ4v) is 2.85. The normalized spacial score (nSPS) is 13.1. The van der Waals surface area contributed by atoms with E-state index in [0.29, 0.717) is 6.54 Å². The van der Waals surface area contributed by atoms with E-state index in [9.17, 15) is 14.9 Å². The van der Waals surface area contributed by atoms with E-state index in [1.165, 1.54) is 12.1 Å². The lowest BCUT2D eigenvalue weighted by molar-refractivity contribution is -0.385. The number of hydrogen-bond acceptors (Lipinski definition) is 5. The number of carbonyl (C=O) groups is 1. The second-order valence-corrected chi connectivity index (χ2v) is 6.62. The van der Waals surface area contributed by atoms with Crippen molar-refractivity contribution in [3.05, 3.63) is 63.7 Å². The Kier molecular flexibility index (Phi) is 5.59. The topological polar surface area (TPSA) is 81.9 Å². The van der Waals surface area contributed by atoms with Gasteiger partial charge in [0.05, 0.1) is 12.0 Å². The molecule has 2 aromatic carbocycles. The second-order valence-electron chi connectivity index (χ2n) is 6.62. The number of nitro benzene ring substituents is 1. The van der Waals surface area contributed by atoms with Crippen molar-refractivity contribution in [3.63, 3.8) is 0 Å². The third kappa shape index (κ3) is 4.75. The summed E-state index contributed by atoms with van der Waals surface area (Å²) in [6.45, 7) is 2.02. The lowest BCUT2D eigenvalue weighted by Crippen LogP contribution is -2.36. The quantitative estimate of drug-likeness (QED) is 0.525. The molecule has 0 spiro atoms.